The van der Waals surface area contributed by atoms with Crippen LogP contribution in [0.5, 0.6) is 0 Å². The van der Waals surface area contributed by atoms with E-state index >= 15 is 0 Å². The zero-order valence-corrected chi connectivity index (χ0v) is 9.76. The minimum atomic E-state index is 0.465. The highest BCUT2D eigenvalue weighted by Crippen LogP contribution is 2.11. The molecule has 1 aliphatic heterocycles. The summed E-state index contributed by atoms with van der Waals surface area (Å²) in [5.41, 5.74) is 0. The summed E-state index contributed by atoms with van der Waals surface area (Å²) in [6.45, 7) is 5.60. The van der Waals surface area contributed by atoms with Gasteiger partial charge in [-0.3, -0.25) is 5.32 Å². The van der Waals surface area contributed by atoms with Gasteiger partial charge in [0.2, 0.25) is 0 Å². The van der Waals surface area contributed by atoms with E-state index in [0.717, 1.165) is 6.54 Å². The first kappa shape index (κ1) is 12.0. The monoisotopic (exact) mass is 197 g/mol. The van der Waals surface area contributed by atoms with Gasteiger partial charge in [-0.15, -0.1) is 0 Å². The Morgan fingerprint density at radius 3 is 2.43 bits per heavy atom. The van der Waals surface area contributed by atoms with Gasteiger partial charge in [0.05, 0.1) is 6.17 Å². The molecule has 1 N–H and O–H groups in total. The van der Waals surface area contributed by atoms with Crippen LogP contribution >= 0.6 is 0 Å². The van der Waals surface area contributed by atoms with Gasteiger partial charge < -0.3 is 0 Å². The third kappa shape index (κ3) is 4.43. The van der Waals surface area contributed by atoms with Crippen molar-refractivity contribution in [3.05, 3.63) is 0 Å². The SMILES string of the molecule is CCCC(CCC)NC1CCCC[N]1. The van der Waals surface area contributed by atoms with Gasteiger partial charge >= 0.3 is 0 Å². The van der Waals surface area contributed by atoms with Crippen molar-refractivity contribution in [1.29, 1.82) is 0 Å². The van der Waals surface area contributed by atoms with Crippen LogP contribution in [-0.2, 0) is 0 Å². The lowest BCUT2D eigenvalue weighted by Gasteiger charge is -2.28. The molecule has 0 spiro atoms. The third-order valence-electron chi connectivity index (χ3n) is 2.94. The highest BCUT2D eigenvalue weighted by molar-refractivity contribution is 4.75. The van der Waals surface area contributed by atoms with Crippen LogP contribution in [0.15, 0.2) is 0 Å². The van der Waals surface area contributed by atoms with E-state index in [1.807, 2.05) is 0 Å². The van der Waals surface area contributed by atoms with Gasteiger partial charge in [-0.2, -0.15) is 0 Å². The Kier molecular flexibility index (Phi) is 6.20. The first-order valence-corrected chi connectivity index (χ1v) is 6.29. The Morgan fingerprint density at radius 2 is 1.93 bits per heavy atom. The largest absolute Gasteiger partial charge is 0.298 e. The molecule has 1 atom stereocenters. The molecule has 1 aliphatic rings. The van der Waals surface area contributed by atoms with Crippen molar-refractivity contribution in [2.24, 2.45) is 0 Å². The smallest absolute Gasteiger partial charge is 0.0737 e. The molecule has 1 heterocycles. The summed E-state index contributed by atoms with van der Waals surface area (Å²) < 4.78 is 0. The summed E-state index contributed by atoms with van der Waals surface area (Å²) in [5.74, 6) is 0. The average Bonchev–Trinajstić information content (AvgIpc) is 2.20. The molecule has 1 rings (SSSR count). The van der Waals surface area contributed by atoms with E-state index in [9.17, 15) is 0 Å². The quantitative estimate of drug-likeness (QED) is 0.696. The third-order valence-corrected chi connectivity index (χ3v) is 2.94. The lowest BCUT2D eigenvalue weighted by Crippen LogP contribution is -2.46. The molecular weight excluding hydrogens is 172 g/mol. The highest BCUT2D eigenvalue weighted by atomic mass is 15.1. The molecule has 2 nitrogen and oxygen atoms in total. The van der Waals surface area contributed by atoms with E-state index in [1.165, 1.54) is 44.9 Å². The van der Waals surface area contributed by atoms with Gasteiger partial charge in [0.25, 0.3) is 0 Å². The molecule has 1 fully saturated rings. The van der Waals surface area contributed by atoms with E-state index < -0.39 is 0 Å². The Labute approximate surface area is 88.8 Å². The van der Waals surface area contributed by atoms with Crippen molar-refractivity contribution < 1.29 is 0 Å². The number of hydrogen-bond acceptors (Lipinski definition) is 1. The number of nitrogens with one attached hydrogen (secondary N) is 1. The summed E-state index contributed by atoms with van der Waals surface area (Å²) in [4.78, 5) is 0. The summed E-state index contributed by atoms with van der Waals surface area (Å²) >= 11 is 0. The second-order valence-electron chi connectivity index (χ2n) is 4.36. The molecule has 0 bridgehead atoms. The zero-order chi connectivity index (χ0) is 10.2. The fourth-order valence-electron chi connectivity index (χ4n) is 2.20. The van der Waals surface area contributed by atoms with Crippen molar-refractivity contribution in [1.82, 2.24) is 10.6 Å². The van der Waals surface area contributed by atoms with E-state index in [-0.39, 0.29) is 0 Å². The predicted octanol–water partition coefficient (Wildman–Crippen LogP) is 2.66. The molecule has 1 saturated heterocycles. The second-order valence-corrected chi connectivity index (χ2v) is 4.36. The Bertz CT molecular complexity index is 124. The second kappa shape index (κ2) is 7.24. The van der Waals surface area contributed by atoms with Gasteiger partial charge in [-0.05, 0) is 32.1 Å². The van der Waals surface area contributed by atoms with Crippen molar-refractivity contribution in [3.8, 4) is 0 Å². The number of rotatable bonds is 6. The number of nitrogens with zero attached hydrogens (tertiary/aromatic N) is 1. The molecule has 2 heteroatoms. The first-order valence-electron chi connectivity index (χ1n) is 6.29. The topological polar surface area (TPSA) is 26.1 Å². The summed E-state index contributed by atoms with van der Waals surface area (Å²) in [6.07, 6.45) is 9.54. The van der Waals surface area contributed by atoms with Crippen LogP contribution in [0.4, 0.5) is 0 Å². The van der Waals surface area contributed by atoms with Crippen LogP contribution in [-0.4, -0.2) is 18.8 Å². The molecule has 0 aliphatic carbocycles. The maximum absolute atomic E-state index is 4.62. The van der Waals surface area contributed by atoms with Crippen molar-refractivity contribution in [3.63, 3.8) is 0 Å². The van der Waals surface area contributed by atoms with Crippen LogP contribution in [0.1, 0.15) is 58.8 Å². The van der Waals surface area contributed by atoms with Crippen LogP contribution in [0.3, 0.4) is 0 Å². The molecule has 0 aromatic carbocycles. The van der Waals surface area contributed by atoms with Crippen LogP contribution in [0.2, 0.25) is 0 Å². The normalized spacial score (nSPS) is 22.9. The van der Waals surface area contributed by atoms with E-state index in [0.29, 0.717) is 12.2 Å². The Morgan fingerprint density at radius 1 is 1.21 bits per heavy atom. The molecule has 0 amide bonds. The van der Waals surface area contributed by atoms with Crippen LogP contribution in [0, 0.1) is 0 Å². The molecule has 1 radical (unpaired) electrons. The highest BCUT2D eigenvalue weighted by Gasteiger charge is 2.16. The average molecular weight is 197 g/mol. The van der Waals surface area contributed by atoms with Crippen LogP contribution < -0.4 is 10.6 Å². The minimum Gasteiger partial charge on any atom is -0.298 e. The van der Waals surface area contributed by atoms with Gasteiger partial charge in [0.1, 0.15) is 0 Å². The number of piperidine rings is 1. The van der Waals surface area contributed by atoms with Gasteiger partial charge in [0.15, 0.2) is 0 Å². The van der Waals surface area contributed by atoms with Gasteiger partial charge in [-0.1, -0.05) is 26.7 Å². The fraction of sp³-hybridized carbons (Fsp3) is 1.00. The standard InChI is InChI=1S/C12H25N2/c1-3-7-11(8-4-2)14-12-9-5-6-10-13-12/h11-12,14H,3-10H2,1-2H3. The summed E-state index contributed by atoms with van der Waals surface area (Å²) in [6, 6.07) is 0.705. The molecule has 83 valence electrons. The van der Waals surface area contributed by atoms with E-state index in [4.69, 9.17) is 0 Å². The Balaban J connectivity index is 2.21. The molecular formula is C12H25N2. The van der Waals surface area contributed by atoms with E-state index in [1.54, 1.807) is 0 Å². The fourth-order valence-corrected chi connectivity index (χ4v) is 2.20. The summed E-state index contributed by atoms with van der Waals surface area (Å²) in [7, 11) is 0. The lowest BCUT2D eigenvalue weighted by atomic mass is 10.0. The maximum atomic E-state index is 4.62. The van der Waals surface area contributed by atoms with Crippen molar-refractivity contribution in [2.45, 2.75) is 71.0 Å². The van der Waals surface area contributed by atoms with Gasteiger partial charge in [0, 0.05) is 12.6 Å². The predicted molar refractivity (Wildman–Crippen MR) is 61.4 cm³/mol. The molecule has 1 unspecified atom stereocenters. The van der Waals surface area contributed by atoms with E-state index in [2.05, 4.69) is 24.5 Å². The number of hydrogen-bond donors (Lipinski definition) is 1. The van der Waals surface area contributed by atoms with Gasteiger partial charge in [-0.25, -0.2) is 5.32 Å². The van der Waals surface area contributed by atoms with Crippen molar-refractivity contribution in [2.75, 3.05) is 6.54 Å². The van der Waals surface area contributed by atoms with Crippen LogP contribution in [0.25, 0.3) is 0 Å². The maximum Gasteiger partial charge on any atom is 0.0737 e. The van der Waals surface area contributed by atoms with Crippen molar-refractivity contribution >= 4 is 0 Å². The minimum absolute atomic E-state index is 0.465. The molecule has 0 saturated carbocycles. The molecule has 14 heavy (non-hydrogen) atoms. The Hall–Kier alpha value is -0.0800. The zero-order valence-electron chi connectivity index (χ0n) is 9.76. The molecule has 0 aromatic rings. The lowest BCUT2D eigenvalue weighted by molar-refractivity contribution is 0.288. The first-order chi connectivity index (χ1) is 6.86. The molecule has 0 aromatic heterocycles. The summed E-state index contributed by atoms with van der Waals surface area (Å²) in [5, 5.41) is 8.31.